The van der Waals surface area contributed by atoms with E-state index >= 15 is 0 Å². The molecule has 5 heteroatoms. The van der Waals surface area contributed by atoms with E-state index in [4.69, 9.17) is 5.11 Å². The van der Waals surface area contributed by atoms with Gasteiger partial charge in [-0.25, -0.2) is 4.79 Å². The maximum Gasteiger partial charge on any atom is 0.319 e. The van der Waals surface area contributed by atoms with Crippen LogP contribution in [0.1, 0.15) is 18.1 Å². The van der Waals surface area contributed by atoms with E-state index in [0.717, 1.165) is 11.1 Å². The highest BCUT2D eigenvalue weighted by Gasteiger charge is 2.12. The Morgan fingerprint density at radius 2 is 1.78 bits per heavy atom. The lowest BCUT2D eigenvalue weighted by Crippen LogP contribution is -2.34. The van der Waals surface area contributed by atoms with Crippen LogP contribution in [-0.4, -0.2) is 23.7 Å². The molecular formula is C13H18N2O3. The van der Waals surface area contributed by atoms with E-state index in [1.165, 1.54) is 0 Å². The smallest absolute Gasteiger partial charge is 0.319 e. The summed E-state index contributed by atoms with van der Waals surface area (Å²) in [6.45, 7) is 5.54. The van der Waals surface area contributed by atoms with Gasteiger partial charge in [-0.05, 0) is 37.1 Å². The lowest BCUT2D eigenvalue weighted by molar-refractivity contribution is -0.140. The van der Waals surface area contributed by atoms with E-state index in [-0.39, 0.29) is 6.54 Å². The van der Waals surface area contributed by atoms with Crippen LogP contribution < -0.4 is 10.6 Å². The Kier molecular flexibility index (Phi) is 4.71. The number of aliphatic carboxylic acids is 1. The van der Waals surface area contributed by atoms with Crippen LogP contribution in [0.5, 0.6) is 0 Å². The minimum Gasteiger partial charge on any atom is -0.481 e. The molecule has 18 heavy (non-hydrogen) atoms. The van der Waals surface area contributed by atoms with Crippen LogP contribution in [0.2, 0.25) is 0 Å². The van der Waals surface area contributed by atoms with Gasteiger partial charge in [0.25, 0.3) is 0 Å². The minimum absolute atomic E-state index is 0.103. The molecule has 0 aliphatic heterocycles. The van der Waals surface area contributed by atoms with Gasteiger partial charge in [-0.15, -0.1) is 0 Å². The number of benzene rings is 1. The number of anilines is 1. The van der Waals surface area contributed by atoms with Gasteiger partial charge in [-0.1, -0.05) is 13.0 Å². The van der Waals surface area contributed by atoms with Gasteiger partial charge in [-0.3, -0.25) is 4.79 Å². The maximum absolute atomic E-state index is 11.5. The largest absolute Gasteiger partial charge is 0.481 e. The number of carbonyl (C=O) groups is 2. The number of rotatable bonds is 4. The number of carboxylic acid groups (broad SMARTS) is 1. The van der Waals surface area contributed by atoms with Crippen molar-refractivity contribution in [3.8, 4) is 0 Å². The molecule has 1 unspecified atom stereocenters. The van der Waals surface area contributed by atoms with E-state index in [9.17, 15) is 9.59 Å². The Morgan fingerprint density at radius 1 is 1.22 bits per heavy atom. The number of hydrogen-bond acceptors (Lipinski definition) is 2. The van der Waals surface area contributed by atoms with Crippen molar-refractivity contribution in [3.05, 3.63) is 29.3 Å². The number of carboxylic acids is 1. The summed E-state index contributed by atoms with van der Waals surface area (Å²) in [7, 11) is 0. The Hall–Kier alpha value is -2.04. The Morgan fingerprint density at radius 3 is 2.28 bits per heavy atom. The quantitative estimate of drug-likeness (QED) is 0.766. The first-order valence-corrected chi connectivity index (χ1v) is 5.74. The predicted octanol–water partition coefficient (Wildman–Crippen LogP) is 2.15. The summed E-state index contributed by atoms with van der Waals surface area (Å²) in [6.07, 6.45) is 0. The second kappa shape index (κ2) is 6.05. The van der Waals surface area contributed by atoms with E-state index in [1.807, 2.05) is 32.0 Å². The molecule has 3 N–H and O–H groups in total. The Bertz CT molecular complexity index is 437. The normalized spacial score (nSPS) is 11.7. The number of carbonyl (C=O) groups excluding carboxylic acids is 1. The van der Waals surface area contributed by atoms with Gasteiger partial charge in [-0.2, -0.15) is 0 Å². The predicted molar refractivity (Wildman–Crippen MR) is 69.7 cm³/mol. The highest BCUT2D eigenvalue weighted by Crippen LogP contribution is 2.13. The van der Waals surface area contributed by atoms with Crippen molar-refractivity contribution >= 4 is 17.7 Å². The molecule has 2 amide bonds. The molecule has 0 aromatic heterocycles. The van der Waals surface area contributed by atoms with Gasteiger partial charge in [0.15, 0.2) is 0 Å². The molecule has 1 aromatic carbocycles. The van der Waals surface area contributed by atoms with Crippen LogP contribution in [0.15, 0.2) is 18.2 Å². The Labute approximate surface area is 106 Å². The summed E-state index contributed by atoms with van der Waals surface area (Å²) in [6, 6.07) is 5.32. The standard InChI is InChI=1S/C13H18N2O3/c1-8-4-9(2)6-11(5-8)15-13(18)14-7-10(3)12(16)17/h4-6,10H,7H2,1-3H3,(H,16,17)(H2,14,15,18). The first-order chi connectivity index (χ1) is 8.38. The maximum atomic E-state index is 11.5. The molecule has 0 spiro atoms. The zero-order valence-corrected chi connectivity index (χ0v) is 10.8. The monoisotopic (exact) mass is 250 g/mol. The zero-order chi connectivity index (χ0) is 13.7. The summed E-state index contributed by atoms with van der Waals surface area (Å²) in [4.78, 5) is 22.1. The second-order valence-corrected chi connectivity index (χ2v) is 4.45. The van der Waals surface area contributed by atoms with Crippen molar-refractivity contribution in [3.63, 3.8) is 0 Å². The summed E-state index contributed by atoms with van der Waals surface area (Å²) in [5, 5.41) is 13.9. The molecule has 0 fully saturated rings. The van der Waals surface area contributed by atoms with Crippen LogP contribution in [0.3, 0.4) is 0 Å². The van der Waals surface area contributed by atoms with Crippen LogP contribution in [0, 0.1) is 19.8 Å². The van der Waals surface area contributed by atoms with Crippen molar-refractivity contribution < 1.29 is 14.7 Å². The van der Waals surface area contributed by atoms with E-state index < -0.39 is 17.9 Å². The molecule has 0 saturated carbocycles. The minimum atomic E-state index is -0.929. The number of aryl methyl sites for hydroxylation is 2. The molecule has 1 atom stereocenters. The summed E-state index contributed by atoms with van der Waals surface area (Å²) in [5.41, 5.74) is 2.82. The van der Waals surface area contributed by atoms with Gasteiger partial charge in [0, 0.05) is 12.2 Å². The topological polar surface area (TPSA) is 78.4 Å². The molecule has 0 saturated heterocycles. The number of urea groups is 1. The average molecular weight is 250 g/mol. The van der Waals surface area contributed by atoms with Gasteiger partial charge in [0.05, 0.1) is 5.92 Å². The first-order valence-electron chi connectivity index (χ1n) is 5.74. The summed E-state index contributed by atoms with van der Waals surface area (Å²) in [5.74, 6) is -1.53. The van der Waals surface area contributed by atoms with Crippen LogP contribution in [0.4, 0.5) is 10.5 Å². The van der Waals surface area contributed by atoms with E-state index in [0.29, 0.717) is 5.69 Å². The van der Waals surface area contributed by atoms with Crippen molar-refractivity contribution in [2.45, 2.75) is 20.8 Å². The first kappa shape index (κ1) is 14.0. The number of nitrogens with one attached hydrogen (secondary N) is 2. The fraction of sp³-hybridized carbons (Fsp3) is 0.385. The zero-order valence-electron chi connectivity index (χ0n) is 10.8. The van der Waals surface area contributed by atoms with E-state index in [1.54, 1.807) is 6.92 Å². The third-order valence-electron chi connectivity index (χ3n) is 2.47. The fourth-order valence-electron chi connectivity index (χ4n) is 1.56. The number of hydrogen-bond donors (Lipinski definition) is 3. The highest BCUT2D eigenvalue weighted by molar-refractivity contribution is 5.89. The second-order valence-electron chi connectivity index (χ2n) is 4.45. The molecule has 5 nitrogen and oxygen atoms in total. The molecular weight excluding hydrogens is 232 g/mol. The van der Waals surface area contributed by atoms with Gasteiger partial charge >= 0.3 is 12.0 Å². The van der Waals surface area contributed by atoms with Crippen molar-refractivity contribution in [1.82, 2.24) is 5.32 Å². The lowest BCUT2D eigenvalue weighted by Gasteiger charge is -2.11. The van der Waals surface area contributed by atoms with Crippen molar-refractivity contribution in [2.75, 3.05) is 11.9 Å². The Balaban J connectivity index is 2.52. The molecule has 98 valence electrons. The van der Waals surface area contributed by atoms with Crippen molar-refractivity contribution in [2.24, 2.45) is 5.92 Å². The molecule has 0 bridgehead atoms. The lowest BCUT2D eigenvalue weighted by atomic mass is 10.1. The molecule has 0 heterocycles. The van der Waals surface area contributed by atoms with Crippen LogP contribution in [0.25, 0.3) is 0 Å². The van der Waals surface area contributed by atoms with Gasteiger partial charge in [0.2, 0.25) is 0 Å². The number of amides is 2. The van der Waals surface area contributed by atoms with Crippen LogP contribution in [-0.2, 0) is 4.79 Å². The van der Waals surface area contributed by atoms with Gasteiger partial charge < -0.3 is 15.7 Å². The summed E-state index contributed by atoms with van der Waals surface area (Å²) < 4.78 is 0. The molecule has 0 aliphatic rings. The SMILES string of the molecule is Cc1cc(C)cc(NC(=O)NCC(C)C(=O)O)c1. The molecule has 0 aliphatic carbocycles. The van der Waals surface area contributed by atoms with Crippen LogP contribution >= 0.6 is 0 Å². The average Bonchev–Trinajstić information content (AvgIpc) is 2.24. The van der Waals surface area contributed by atoms with Crippen molar-refractivity contribution in [1.29, 1.82) is 0 Å². The van der Waals surface area contributed by atoms with E-state index in [2.05, 4.69) is 10.6 Å². The third-order valence-corrected chi connectivity index (χ3v) is 2.47. The fourth-order valence-corrected chi connectivity index (χ4v) is 1.56. The summed E-state index contributed by atoms with van der Waals surface area (Å²) >= 11 is 0. The molecule has 1 aromatic rings. The van der Waals surface area contributed by atoms with Gasteiger partial charge in [0.1, 0.15) is 0 Å². The molecule has 1 rings (SSSR count). The highest BCUT2D eigenvalue weighted by atomic mass is 16.4. The third kappa shape index (κ3) is 4.45. The molecule has 0 radical (unpaired) electrons.